The zero-order valence-electron chi connectivity index (χ0n) is 12.1. The van der Waals surface area contributed by atoms with Crippen molar-refractivity contribution >= 4 is 71.6 Å². The Hall–Kier alpha value is -1.63. The van der Waals surface area contributed by atoms with Gasteiger partial charge in [-0.3, -0.25) is 4.79 Å². The standard InChI is InChI=1S/C16H14N2O4.Ca.2H/c1-7(2)8-3-4-12-9(5-8)13(19)10-6-11(16(20)21)14(17)18-15(10)22-12;;;/h3-7H,1-2H3,(H2,17,18)(H,20,21);;;. The Bertz CT molecular complexity index is 979. The van der Waals surface area contributed by atoms with Gasteiger partial charge in [-0.25, -0.2) is 4.79 Å². The third-order valence-corrected chi connectivity index (χ3v) is 3.61. The predicted molar refractivity (Wildman–Crippen MR) is 91.8 cm³/mol. The van der Waals surface area contributed by atoms with Crippen molar-refractivity contribution in [2.75, 3.05) is 5.73 Å². The molecule has 0 bridgehead atoms. The Kier molecular flexibility index (Phi) is 4.98. The first-order chi connectivity index (χ1) is 10.4. The zero-order chi connectivity index (χ0) is 16.0. The maximum absolute atomic E-state index is 12.6. The summed E-state index contributed by atoms with van der Waals surface area (Å²) >= 11 is 0. The minimum atomic E-state index is -1.23. The summed E-state index contributed by atoms with van der Waals surface area (Å²) in [6, 6.07) is 6.58. The van der Waals surface area contributed by atoms with Crippen molar-refractivity contribution in [3.8, 4) is 0 Å². The fraction of sp³-hybridized carbons (Fsp3) is 0.188. The van der Waals surface area contributed by atoms with Crippen molar-refractivity contribution in [2.45, 2.75) is 19.8 Å². The van der Waals surface area contributed by atoms with Gasteiger partial charge in [0.25, 0.3) is 0 Å². The molecular formula is C16H16CaN2O4. The average Bonchev–Trinajstić information content (AvgIpc) is 2.46. The van der Waals surface area contributed by atoms with Gasteiger partial charge in [-0.1, -0.05) is 19.9 Å². The van der Waals surface area contributed by atoms with Gasteiger partial charge in [0.15, 0.2) is 0 Å². The molecule has 0 aliphatic carbocycles. The molecule has 23 heavy (non-hydrogen) atoms. The number of benzene rings is 1. The van der Waals surface area contributed by atoms with Gasteiger partial charge in [0.05, 0.1) is 10.8 Å². The molecule has 1 aromatic carbocycles. The van der Waals surface area contributed by atoms with Crippen molar-refractivity contribution in [2.24, 2.45) is 0 Å². The number of carbonyl (C=O) groups is 1. The van der Waals surface area contributed by atoms with E-state index in [-0.39, 0.29) is 71.6 Å². The molecule has 0 saturated heterocycles. The zero-order valence-corrected chi connectivity index (χ0v) is 12.1. The number of carboxylic acid groups (broad SMARTS) is 1. The topological polar surface area (TPSA) is 106 Å². The molecule has 0 spiro atoms. The van der Waals surface area contributed by atoms with Crippen LogP contribution in [0.3, 0.4) is 0 Å². The van der Waals surface area contributed by atoms with Crippen molar-refractivity contribution in [3.05, 3.63) is 45.6 Å². The molecule has 2 heterocycles. The molecule has 0 saturated carbocycles. The van der Waals surface area contributed by atoms with Gasteiger partial charge in [-0.2, -0.15) is 4.98 Å². The van der Waals surface area contributed by atoms with E-state index in [0.717, 1.165) is 5.56 Å². The van der Waals surface area contributed by atoms with Crippen LogP contribution in [0.15, 0.2) is 33.5 Å². The Morgan fingerprint density at radius 3 is 2.57 bits per heavy atom. The van der Waals surface area contributed by atoms with E-state index in [4.69, 9.17) is 15.3 Å². The van der Waals surface area contributed by atoms with Gasteiger partial charge < -0.3 is 15.3 Å². The second kappa shape index (κ2) is 6.47. The van der Waals surface area contributed by atoms with Gasteiger partial charge in [0.2, 0.25) is 11.1 Å². The molecule has 0 atom stereocenters. The van der Waals surface area contributed by atoms with E-state index in [1.807, 2.05) is 19.9 Å². The molecule has 0 unspecified atom stereocenters. The van der Waals surface area contributed by atoms with E-state index < -0.39 is 5.97 Å². The summed E-state index contributed by atoms with van der Waals surface area (Å²) in [4.78, 5) is 27.6. The maximum atomic E-state index is 12.6. The Labute approximate surface area is 161 Å². The van der Waals surface area contributed by atoms with E-state index in [9.17, 15) is 9.59 Å². The number of fused-ring (bicyclic) bond motifs is 2. The fourth-order valence-electron chi connectivity index (χ4n) is 2.34. The molecule has 116 valence electrons. The molecule has 3 rings (SSSR count). The van der Waals surface area contributed by atoms with Crippen LogP contribution in [0.25, 0.3) is 22.1 Å². The third-order valence-electron chi connectivity index (χ3n) is 3.61. The monoisotopic (exact) mass is 340 g/mol. The van der Waals surface area contributed by atoms with Crippen molar-refractivity contribution < 1.29 is 14.3 Å². The van der Waals surface area contributed by atoms with Crippen molar-refractivity contribution in [1.82, 2.24) is 4.98 Å². The molecule has 2 aromatic heterocycles. The van der Waals surface area contributed by atoms with Gasteiger partial charge in [0.1, 0.15) is 17.0 Å². The van der Waals surface area contributed by atoms with E-state index in [0.29, 0.717) is 11.0 Å². The quantitative estimate of drug-likeness (QED) is 0.544. The summed E-state index contributed by atoms with van der Waals surface area (Å²) in [6.45, 7) is 4.04. The summed E-state index contributed by atoms with van der Waals surface area (Å²) in [5.74, 6) is -1.15. The van der Waals surface area contributed by atoms with Gasteiger partial charge >= 0.3 is 43.7 Å². The number of aromatic nitrogens is 1. The number of aromatic carboxylic acids is 1. The first-order valence-electron chi connectivity index (χ1n) is 6.78. The molecule has 3 aromatic rings. The van der Waals surface area contributed by atoms with Crippen molar-refractivity contribution in [3.63, 3.8) is 0 Å². The van der Waals surface area contributed by atoms with Crippen LogP contribution in [0.1, 0.15) is 35.7 Å². The predicted octanol–water partition coefficient (Wildman–Crippen LogP) is 1.83. The number of anilines is 1. The Balaban J connectivity index is 0.00000192. The minimum absolute atomic E-state index is 0. The SMILES string of the molecule is CC(C)c1ccc2oc3nc(N)c(C(=O)O)cc3c(=O)c2c1.[CaH2]. The molecule has 7 heteroatoms. The summed E-state index contributed by atoms with van der Waals surface area (Å²) in [5.41, 5.74) is 6.51. The van der Waals surface area contributed by atoms with E-state index in [1.54, 1.807) is 12.1 Å². The van der Waals surface area contributed by atoms with E-state index in [1.165, 1.54) is 6.07 Å². The van der Waals surface area contributed by atoms with Gasteiger partial charge in [-0.05, 0) is 29.7 Å². The normalized spacial score (nSPS) is 10.9. The number of nitrogen functional groups attached to an aromatic ring is 1. The van der Waals surface area contributed by atoms with Crippen LogP contribution in [0.4, 0.5) is 5.82 Å². The summed E-state index contributed by atoms with van der Waals surface area (Å²) < 4.78 is 5.59. The molecule has 0 aliphatic rings. The number of hydrogen-bond donors (Lipinski definition) is 2. The fourth-order valence-corrected chi connectivity index (χ4v) is 2.34. The molecular weight excluding hydrogens is 324 g/mol. The third kappa shape index (κ3) is 3.06. The molecule has 6 nitrogen and oxygen atoms in total. The number of rotatable bonds is 2. The number of carboxylic acids is 1. The Morgan fingerprint density at radius 2 is 1.96 bits per heavy atom. The molecule has 0 radical (unpaired) electrons. The number of pyridine rings is 1. The first kappa shape index (κ1) is 17.7. The van der Waals surface area contributed by atoms with Crippen LogP contribution < -0.4 is 11.2 Å². The first-order valence-corrected chi connectivity index (χ1v) is 6.78. The second-order valence-electron chi connectivity index (χ2n) is 5.42. The molecule has 0 fully saturated rings. The second-order valence-corrected chi connectivity index (χ2v) is 5.42. The van der Waals surface area contributed by atoms with Crippen LogP contribution in [0, 0.1) is 0 Å². The summed E-state index contributed by atoms with van der Waals surface area (Å²) in [5, 5.41) is 9.61. The summed E-state index contributed by atoms with van der Waals surface area (Å²) in [6.07, 6.45) is 0. The van der Waals surface area contributed by atoms with Crippen LogP contribution in [-0.2, 0) is 0 Å². The van der Waals surface area contributed by atoms with Gasteiger partial charge in [-0.15, -0.1) is 0 Å². The number of nitrogens with zero attached hydrogens (tertiary/aromatic N) is 1. The number of hydrogen-bond acceptors (Lipinski definition) is 5. The molecule has 3 N–H and O–H groups in total. The Morgan fingerprint density at radius 1 is 1.26 bits per heavy atom. The average molecular weight is 340 g/mol. The van der Waals surface area contributed by atoms with Crippen molar-refractivity contribution in [1.29, 1.82) is 0 Å². The summed E-state index contributed by atoms with van der Waals surface area (Å²) in [7, 11) is 0. The molecule has 0 amide bonds. The van der Waals surface area contributed by atoms with Crippen LogP contribution in [-0.4, -0.2) is 53.8 Å². The molecule has 0 aliphatic heterocycles. The van der Waals surface area contributed by atoms with Gasteiger partial charge in [0, 0.05) is 0 Å². The van der Waals surface area contributed by atoms with Crippen LogP contribution in [0.5, 0.6) is 0 Å². The number of nitrogens with two attached hydrogens (primary N) is 1. The van der Waals surface area contributed by atoms with E-state index in [2.05, 4.69) is 4.98 Å². The van der Waals surface area contributed by atoms with Crippen LogP contribution in [0.2, 0.25) is 0 Å². The van der Waals surface area contributed by atoms with Crippen LogP contribution >= 0.6 is 0 Å². The van der Waals surface area contributed by atoms with E-state index >= 15 is 0 Å².